The van der Waals surface area contributed by atoms with Crippen LogP contribution in [0.4, 0.5) is 11.5 Å². The molecule has 0 unspecified atom stereocenters. The Morgan fingerprint density at radius 1 is 0.520 bits per heavy atom. The third-order valence-corrected chi connectivity index (χ3v) is 4.05. The van der Waals surface area contributed by atoms with E-state index in [0.29, 0.717) is 0 Å². The average Bonchev–Trinajstić information content (AvgIpc) is 2.70. The van der Waals surface area contributed by atoms with E-state index in [9.17, 15) is 0 Å². The Morgan fingerprint density at radius 2 is 1.08 bits per heavy atom. The second-order valence-corrected chi connectivity index (χ2v) is 5.85. The smallest absolute Gasteiger partial charge is 0.131 e. The van der Waals surface area contributed by atoms with Crippen LogP contribution in [0.25, 0.3) is 22.4 Å². The predicted molar refractivity (Wildman–Crippen MR) is 105 cm³/mol. The van der Waals surface area contributed by atoms with Gasteiger partial charge in [-0.15, -0.1) is 0 Å². The fraction of sp³-hybridized carbons (Fsp3) is 0. The Kier molecular flexibility index (Phi) is 4.25. The molecule has 0 radical (unpaired) electrons. The fourth-order valence-corrected chi connectivity index (χ4v) is 2.82. The van der Waals surface area contributed by atoms with Crippen molar-refractivity contribution in [3.8, 4) is 22.4 Å². The molecular weight excluding hydrogens is 304 g/mol. The topological polar surface area (TPSA) is 24.9 Å². The standard InChI is InChI=1S/C23H18N2/c1-4-10-18(11-5-1)20-16-22(19-12-6-2-7-13-19)25-23(17-20)24-21-14-8-3-9-15-21/h1-17H,(H,24,25). The number of benzene rings is 3. The van der Waals surface area contributed by atoms with Gasteiger partial charge in [0.15, 0.2) is 0 Å². The van der Waals surface area contributed by atoms with Gasteiger partial charge in [-0.25, -0.2) is 4.98 Å². The van der Waals surface area contributed by atoms with Crippen molar-refractivity contribution in [1.29, 1.82) is 0 Å². The molecule has 0 saturated heterocycles. The van der Waals surface area contributed by atoms with Crippen LogP contribution < -0.4 is 5.32 Å². The maximum absolute atomic E-state index is 4.81. The van der Waals surface area contributed by atoms with Gasteiger partial charge in [0.1, 0.15) is 5.82 Å². The van der Waals surface area contributed by atoms with Crippen LogP contribution in [0.1, 0.15) is 0 Å². The molecule has 1 N–H and O–H groups in total. The minimum atomic E-state index is 0.839. The van der Waals surface area contributed by atoms with Crippen molar-refractivity contribution in [3.05, 3.63) is 103 Å². The highest BCUT2D eigenvalue weighted by Crippen LogP contribution is 2.28. The van der Waals surface area contributed by atoms with Gasteiger partial charge in [-0.1, -0.05) is 78.9 Å². The zero-order valence-electron chi connectivity index (χ0n) is 13.8. The molecule has 4 aromatic rings. The van der Waals surface area contributed by atoms with Crippen LogP contribution in [-0.2, 0) is 0 Å². The lowest BCUT2D eigenvalue weighted by Gasteiger charge is -2.11. The van der Waals surface area contributed by atoms with E-state index in [2.05, 4.69) is 53.8 Å². The Morgan fingerprint density at radius 3 is 1.72 bits per heavy atom. The fourth-order valence-electron chi connectivity index (χ4n) is 2.82. The number of hydrogen-bond acceptors (Lipinski definition) is 2. The third-order valence-electron chi connectivity index (χ3n) is 4.05. The van der Waals surface area contributed by atoms with Gasteiger partial charge in [0, 0.05) is 11.3 Å². The summed E-state index contributed by atoms with van der Waals surface area (Å²) in [6, 6.07) is 35.0. The van der Waals surface area contributed by atoms with E-state index in [-0.39, 0.29) is 0 Å². The normalized spacial score (nSPS) is 10.4. The van der Waals surface area contributed by atoms with Gasteiger partial charge in [0.05, 0.1) is 5.69 Å². The molecule has 2 nitrogen and oxygen atoms in total. The van der Waals surface area contributed by atoms with Crippen molar-refractivity contribution < 1.29 is 0 Å². The second kappa shape index (κ2) is 7.02. The quantitative estimate of drug-likeness (QED) is 0.487. The Bertz CT molecular complexity index is 891. The monoisotopic (exact) mass is 322 g/mol. The largest absolute Gasteiger partial charge is 0.340 e. The Labute approximate surface area is 147 Å². The highest BCUT2D eigenvalue weighted by Gasteiger charge is 2.07. The highest BCUT2D eigenvalue weighted by molar-refractivity contribution is 5.75. The van der Waals surface area contributed by atoms with Crippen LogP contribution in [0, 0.1) is 0 Å². The van der Waals surface area contributed by atoms with Gasteiger partial charge in [-0.2, -0.15) is 0 Å². The van der Waals surface area contributed by atoms with E-state index >= 15 is 0 Å². The summed E-state index contributed by atoms with van der Waals surface area (Å²) in [5, 5.41) is 3.41. The van der Waals surface area contributed by atoms with Gasteiger partial charge in [0.25, 0.3) is 0 Å². The molecule has 4 rings (SSSR count). The zero-order chi connectivity index (χ0) is 16.9. The summed E-state index contributed by atoms with van der Waals surface area (Å²) in [4.78, 5) is 4.81. The Balaban J connectivity index is 1.80. The van der Waals surface area contributed by atoms with E-state index in [0.717, 1.165) is 28.3 Å². The summed E-state index contributed by atoms with van der Waals surface area (Å²) in [5.41, 5.74) is 5.42. The molecule has 3 aromatic carbocycles. The van der Waals surface area contributed by atoms with Crippen LogP contribution in [0.15, 0.2) is 103 Å². The van der Waals surface area contributed by atoms with Gasteiger partial charge in [-0.3, -0.25) is 0 Å². The first kappa shape index (κ1) is 15.2. The SMILES string of the molecule is c1ccc(Nc2cc(-c3ccccc3)cc(-c3ccccc3)n2)cc1. The lowest BCUT2D eigenvalue weighted by atomic mass is 10.0. The van der Waals surface area contributed by atoms with Gasteiger partial charge in [0.2, 0.25) is 0 Å². The van der Waals surface area contributed by atoms with Crippen molar-refractivity contribution in [2.24, 2.45) is 0 Å². The van der Waals surface area contributed by atoms with Crippen molar-refractivity contribution in [1.82, 2.24) is 4.98 Å². The van der Waals surface area contributed by atoms with E-state index < -0.39 is 0 Å². The number of rotatable bonds is 4. The Hall–Kier alpha value is -3.39. The summed E-state index contributed by atoms with van der Waals surface area (Å²) in [7, 11) is 0. The summed E-state index contributed by atoms with van der Waals surface area (Å²) in [6.07, 6.45) is 0. The molecule has 120 valence electrons. The van der Waals surface area contributed by atoms with Crippen LogP contribution in [-0.4, -0.2) is 4.98 Å². The van der Waals surface area contributed by atoms with Crippen molar-refractivity contribution in [2.45, 2.75) is 0 Å². The number of nitrogens with one attached hydrogen (secondary N) is 1. The lowest BCUT2D eigenvalue weighted by Crippen LogP contribution is -1.96. The molecule has 0 aliphatic heterocycles. The summed E-state index contributed by atoms with van der Waals surface area (Å²) < 4.78 is 0. The van der Waals surface area contributed by atoms with Gasteiger partial charge >= 0.3 is 0 Å². The maximum atomic E-state index is 4.81. The van der Waals surface area contributed by atoms with E-state index in [1.54, 1.807) is 0 Å². The zero-order valence-corrected chi connectivity index (χ0v) is 13.8. The first-order valence-electron chi connectivity index (χ1n) is 8.33. The molecule has 0 spiro atoms. The number of pyridine rings is 1. The molecule has 1 heterocycles. The van der Waals surface area contributed by atoms with Crippen LogP contribution >= 0.6 is 0 Å². The molecular formula is C23H18N2. The lowest BCUT2D eigenvalue weighted by molar-refractivity contribution is 1.31. The average molecular weight is 322 g/mol. The molecule has 25 heavy (non-hydrogen) atoms. The number of anilines is 2. The molecule has 0 aliphatic rings. The first-order valence-corrected chi connectivity index (χ1v) is 8.33. The number of nitrogens with zero attached hydrogens (tertiary/aromatic N) is 1. The molecule has 0 bridgehead atoms. The van der Waals surface area contributed by atoms with E-state index in [1.807, 2.05) is 54.6 Å². The van der Waals surface area contributed by atoms with E-state index in [4.69, 9.17) is 4.98 Å². The van der Waals surface area contributed by atoms with Gasteiger partial charge < -0.3 is 5.32 Å². The molecule has 0 fully saturated rings. The van der Waals surface area contributed by atoms with Crippen molar-refractivity contribution in [2.75, 3.05) is 5.32 Å². The predicted octanol–water partition coefficient (Wildman–Crippen LogP) is 6.16. The number of hydrogen-bond donors (Lipinski definition) is 1. The summed E-state index contributed by atoms with van der Waals surface area (Å²) >= 11 is 0. The molecule has 0 aliphatic carbocycles. The minimum absolute atomic E-state index is 0.839. The molecule has 0 saturated carbocycles. The molecule has 0 atom stereocenters. The first-order chi connectivity index (χ1) is 12.4. The van der Waals surface area contributed by atoms with E-state index in [1.165, 1.54) is 5.56 Å². The highest BCUT2D eigenvalue weighted by atomic mass is 15.0. The third kappa shape index (κ3) is 3.59. The van der Waals surface area contributed by atoms with Crippen molar-refractivity contribution in [3.63, 3.8) is 0 Å². The number of para-hydroxylation sites is 1. The second-order valence-electron chi connectivity index (χ2n) is 5.85. The molecule has 1 aromatic heterocycles. The van der Waals surface area contributed by atoms with Crippen molar-refractivity contribution >= 4 is 11.5 Å². The number of aromatic nitrogens is 1. The molecule has 0 amide bonds. The van der Waals surface area contributed by atoms with Crippen LogP contribution in [0.2, 0.25) is 0 Å². The summed E-state index contributed by atoms with van der Waals surface area (Å²) in [6.45, 7) is 0. The van der Waals surface area contributed by atoms with Crippen LogP contribution in [0.3, 0.4) is 0 Å². The molecule has 2 heteroatoms. The maximum Gasteiger partial charge on any atom is 0.131 e. The minimum Gasteiger partial charge on any atom is -0.340 e. The van der Waals surface area contributed by atoms with Crippen LogP contribution in [0.5, 0.6) is 0 Å². The summed E-state index contributed by atoms with van der Waals surface area (Å²) in [5.74, 6) is 0.839. The van der Waals surface area contributed by atoms with Gasteiger partial charge in [-0.05, 0) is 35.4 Å².